The maximum absolute atomic E-state index is 13.2. The van der Waals surface area contributed by atoms with Gasteiger partial charge in [0.15, 0.2) is 0 Å². The molecule has 7 nitrogen and oxygen atoms in total. The standard InChI is InChI=1S/C18H22FN3O4S/c1-3-9-20-17(23)11-22-13(2)7-8-16(18(22)24)21-27(25,26)12-14-5-4-6-15(19)10-14/h4-8,10,21H,3,9,11-12H2,1-2H3,(H,20,23). The fourth-order valence-electron chi connectivity index (χ4n) is 2.46. The number of hydrogen-bond acceptors (Lipinski definition) is 4. The molecule has 9 heteroatoms. The number of rotatable bonds is 8. The molecule has 1 aromatic carbocycles. The number of halogens is 1. The van der Waals surface area contributed by atoms with Gasteiger partial charge in [0.1, 0.15) is 18.0 Å². The van der Waals surface area contributed by atoms with Crippen molar-refractivity contribution in [2.75, 3.05) is 11.3 Å². The zero-order valence-corrected chi connectivity index (χ0v) is 16.0. The molecule has 2 N–H and O–H groups in total. The van der Waals surface area contributed by atoms with Crippen LogP contribution in [0, 0.1) is 12.7 Å². The maximum atomic E-state index is 13.2. The molecule has 0 aliphatic heterocycles. The monoisotopic (exact) mass is 395 g/mol. The first kappa shape index (κ1) is 20.6. The van der Waals surface area contributed by atoms with Crippen molar-refractivity contribution in [1.82, 2.24) is 9.88 Å². The van der Waals surface area contributed by atoms with Gasteiger partial charge >= 0.3 is 0 Å². The second-order valence-electron chi connectivity index (χ2n) is 6.12. The van der Waals surface area contributed by atoms with Crippen LogP contribution in [0.3, 0.4) is 0 Å². The first-order valence-corrected chi connectivity index (χ1v) is 10.1. The highest BCUT2D eigenvalue weighted by Crippen LogP contribution is 2.12. The molecule has 0 aliphatic rings. The molecule has 27 heavy (non-hydrogen) atoms. The molecule has 0 fully saturated rings. The number of anilines is 1. The van der Waals surface area contributed by atoms with Crippen molar-refractivity contribution >= 4 is 21.6 Å². The van der Waals surface area contributed by atoms with E-state index in [0.717, 1.165) is 12.5 Å². The lowest BCUT2D eigenvalue weighted by atomic mass is 10.2. The largest absolute Gasteiger partial charge is 0.355 e. The van der Waals surface area contributed by atoms with Crippen molar-refractivity contribution in [3.63, 3.8) is 0 Å². The van der Waals surface area contributed by atoms with E-state index in [1.807, 2.05) is 6.92 Å². The molecule has 0 spiro atoms. The molecule has 0 unspecified atom stereocenters. The van der Waals surface area contributed by atoms with Crippen LogP contribution in [-0.4, -0.2) is 25.4 Å². The Morgan fingerprint density at radius 2 is 1.96 bits per heavy atom. The smallest absolute Gasteiger partial charge is 0.275 e. The van der Waals surface area contributed by atoms with Crippen LogP contribution in [-0.2, 0) is 27.1 Å². The van der Waals surface area contributed by atoms with Crippen LogP contribution in [0.15, 0.2) is 41.2 Å². The van der Waals surface area contributed by atoms with Gasteiger partial charge < -0.3 is 9.88 Å². The predicted octanol–water partition coefficient (Wildman–Crippen LogP) is 1.76. The van der Waals surface area contributed by atoms with Crippen molar-refractivity contribution in [1.29, 1.82) is 0 Å². The zero-order chi connectivity index (χ0) is 20.0. The quantitative estimate of drug-likeness (QED) is 0.712. The van der Waals surface area contributed by atoms with E-state index in [9.17, 15) is 22.4 Å². The molecule has 1 amide bonds. The number of benzene rings is 1. The second-order valence-corrected chi connectivity index (χ2v) is 7.84. The average Bonchev–Trinajstić information content (AvgIpc) is 2.59. The summed E-state index contributed by atoms with van der Waals surface area (Å²) in [6, 6.07) is 8.12. The topological polar surface area (TPSA) is 97.3 Å². The molecular formula is C18H22FN3O4S. The number of amides is 1. The number of sulfonamides is 1. The predicted molar refractivity (Wildman–Crippen MR) is 101 cm³/mol. The summed E-state index contributed by atoms with van der Waals surface area (Å²) >= 11 is 0. The molecule has 1 heterocycles. The van der Waals surface area contributed by atoms with E-state index >= 15 is 0 Å². The van der Waals surface area contributed by atoms with E-state index < -0.39 is 27.2 Å². The van der Waals surface area contributed by atoms with E-state index in [1.165, 1.54) is 28.8 Å². The molecule has 0 saturated carbocycles. The van der Waals surface area contributed by atoms with E-state index in [1.54, 1.807) is 13.0 Å². The van der Waals surface area contributed by atoms with Crippen LogP contribution in [0.1, 0.15) is 24.6 Å². The van der Waals surface area contributed by atoms with Gasteiger partial charge in [0.2, 0.25) is 15.9 Å². The summed E-state index contributed by atoms with van der Waals surface area (Å²) in [6.07, 6.45) is 0.763. The van der Waals surface area contributed by atoms with Gasteiger partial charge in [-0.1, -0.05) is 19.1 Å². The molecular weight excluding hydrogens is 373 g/mol. The van der Waals surface area contributed by atoms with Crippen LogP contribution >= 0.6 is 0 Å². The fourth-order valence-corrected chi connectivity index (χ4v) is 3.64. The summed E-state index contributed by atoms with van der Waals surface area (Å²) in [6.45, 7) is 3.85. The van der Waals surface area contributed by atoms with Crippen LogP contribution in [0.4, 0.5) is 10.1 Å². The van der Waals surface area contributed by atoms with Crippen LogP contribution < -0.4 is 15.6 Å². The highest BCUT2D eigenvalue weighted by Gasteiger charge is 2.17. The van der Waals surface area contributed by atoms with Crippen LogP contribution in [0.2, 0.25) is 0 Å². The molecule has 1 aromatic heterocycles. The Labute approximate surface area is 157 Å². The normalized spacial score (nSPS) is 11.2. The van der Waals surface area contributed by atoms with Gasteiger partial charge in [-0.2, -0.15) is 0 Å². The van der Waals surface area contributed by atoms with E-state index in [0.29, 0.717) is 12.2 Å². The molecule has 0 aliphatic carbocycles. The van der Waals surface area contributed by atoms with Crippen LogP contribution in [0.5, 0.6) is 0 Å². The van der Waals surface area contributed by atoms with Crippen LogP contribution in [0.25, 0.3) is 0 Å². The third-order valence-electron chi connectivity index (χ3n) is 3.78. The summed E-state index contributed by atoms with van der Waals surface area (Å²) in [7, 11) is -3.93. The number of pyridine rings is 1. The number of aryl methyl sites for hydroxylation is 1. The van der Waals surface area contributed by atoms with Crippen molar-refractivity contribution < 1.29 is 17.6 Å². The number of nitrogens with zero attached hydrogens (tertiary/aromatic N) is 1. The minimum Gasteiger partial charge on any atom is -0.355 e. The van der Waals surface area contributed by atoms with Gasteiger partial charge in [0, 0.05) is 12.2 Å². The lowest BCUT2D eigenvalue weighted by molar-refractivity contribution is -0.121. The Kier molecular flexibility index (Phi) is 6.73. The summed E-state index contributed by atoms with van der Waals surface area (Å²) in [5.74, 6) is -1.35. The number of hydrogen-bond donors (Lipinski definition) is 2. The highest BCUT2D eigenvalue weighted by molar-refractivity contribution is 7.91. The highest BCUT2D eigenvalue weighted by atomic mass is 32.2. The molecule has 0 radical (unpaired) electrons. The molecule has 0 bridgehead atoms. The minimum atomic E-state index is -3.93. The Bertz CT molecular complexity index is 986. The Morgan fingerprint density at radius 3 is 2.63 bits per heavy atom. The third kappa shape index (κ3) is 5.92. The second kappa shape index (κ2) is 8.81. The van der Waals surface area contributed by atoms with Gasteiger partial charge in [-0.15, -0.1) is 0 Å². The Balaban J connectivity index is 2.22. The van der Waals surface area contributed by atoms with Crippen molar-refractivity contribution in [3.05, 3.63) is 63.8 Å². The lowest BCUT2D eigenvalue weighted by Crippen LogP contribution is -2.35. The molecule has 0 atom stereocenters. The SMILES string of the molecule is CCCNC(=O)Cn1c(C)ccc(NS(=O)(=O)Cc2cccc(F)c2)c1=O. The maximum Gasteiger partial charge on any atom is 0.275 e. The van der Waals surface area contributed by atoms with E-state index in [2.05, 4.69) is 10.0 Å². The number of nitrogens with one attached hydrogen (secondary N) is 2. The average molecular weight is 395 g/mol. The number of aromatic nitrogens is 1. The minimum absolute atomic E-state index is 0.166. The summed E-state index contributed by atoms with van der Waals surface area (Å²) in [5, 5.41) is 2.67. The molecule has 0 saturated heterocycles. The molecule has 2 aromatic rings. The zero-order valence-electron chi connectivity index (χ0n) is 15.2. The van der Waals surface area contributed by atoms with E-state index in [4.69, 9.17) is 0 Å². The van der Waals surface area contributed by atoms with Gasteiger partial charge in [-0.3, -0.25) is 14.3 Å². The lowest BCUT2D eigenvalue weighted by Gasteiger charge is -2.13. The first-order valence-electron chi connectivity index (χ1n) is 8.44. The Morgan fingerprint density at radius 1 is 1.22 bits per heavy atom. The summed E-state index contributed by atoms with van der Waals surface area (Å²) in [4.78, 5) is 24.5. The first-order chi connectivity index (χ1) is 12.7. The van der Waals surface area contributed by atoms with E-state index in [-0.39, 0.29) is 23.7 Å². The number of carbonyl (C=O) groups is 1. The fraction of sp³-hybridized carbons (Fsp3) is 0.333. The van der Waals surface area contributed by atoms with Crippen molar-refractivity contribution in [2.24, 2.45) is 0 Å². The summed E-state index contributed by atoms with van der Waals surface area (Å²) in [5.41, 5.74) is -0.00151. The number of carbonyl (C=O) groups excluding carboxylic acids is 1. The van der Waals surface area contributed by atoms with Gasteiger partial charge in [-0.25, -0.2) is 12.8 Å². The molecule has 2 rings (SSSR count). The van der Waals surface area contributed by atoms with Crippen molar-refractivity contribution in [2.45, 2.75) is 32.6 Å². The molecule has 146 valence electrons. The Hall–Kier alpha value is -2.68. The van der Waals surface area contributed by atoms with Gasteiger partial charge in [0.05, 0.1) is 5.75 Å². The third-order valence-corrected chi connectivity index (χ3v) is 5.02. The van der Waals surface area contributed by atoms with Gasteiger partial charge in [-0.05, 0) is 43.2 Å². The van der Waals surface area contributed by atoms with Gasteiger partial charge in [0.25, 0.3) is 5.56 Å². The van der Waals surface area contributed by atoms with Crippen molar-refractivity contribution in [3.8, 4) is 0 Å². The summed E-state index contributed by atoms with van der Waals surface area (Å²) < 4.78 is 41.3.